The average molecular weight is 281 g/mol. The van der Waals surface area contributed by atoms with E-state index in [0.717, 1.165) is 25.3 Å². The molecule has 1 unspecified atom stereocenters. The summed E-state index contributed by atoms with van der Waals surface area (Å²) in [6.07, 6.45) is 4.53. The number of nitrogens with one attached hydrogen (secondary N) is 1. The molecule has 0 amide bonds. The van der Waals surface area contributed by atoms with Crippen LogP contribution in [0.25, 0.3) is 0 Å². The molecule has 0 fully saturated rings. The third-order valence-electron chi connectivity index (χ3n) is 3.36. The number of aryl methyl sites for hydroxylation is 1. The largest absolute Gasteiger partial charge is 0.496 e. The topological polar surface area (TPSA) is 21.3 Å². The van der Waals surface area contributed by atoms with Crippen LogP contribution in [0.1, 0.15) is 34.7 Å². The summed E-state index contributed by atoms with van der Waals surface area (Å²) in [6.45, 7) is 3.98. The first-order chi connectivity index (χ1) is 8.88. The Balaban J connectivity index is 1.87. The van der Waals surface area contributed by atoms with E-state index in [1.807, 2.05) is 23.1 Å². The van der Waals surface area contributed by atoms with Gasteiger partial charge >= 0.3 is 0 Å². The first-order valence-electron chi connectivity index (χ1n) is 6.64. The van der Waals surface area contributed by atoms with Crippen LogP contribution in [0.4, 0.5) is 0 Å². The Morgan fingerprint density at radius 2 is 2.44 bits per heavy atom. The third-order valence-corrected chi connectivity index (χ3v) is 5.67. The van der Waals surface area contributed by atoms with Gasteiger partial charge in [-0.3, -0.25) is 0 Å². The van der Waals surface area contributed by atoms with Crippen LogP contribution in [-0.4, -0.2) is 18.9 Å². The lowest BCUT2D eigenvalue weighted by Gasteiger charge is -2.17. The first kappa shape index (κ1) is 12.6. The monoisotopic (exact) mass is 281 g/mol. The minimum absolute atomic E-state index is 0.276. The van der Waals surface area contributed by atoms with E-state index in [1.165, 1.54) is 22.8 Å². The highest BCUT2D eigenvalue weighted by atomic mass is 32.2. The van der Waals surface area contributed by atoms with E-state index in [9.17, 15) is 0 Å². The summed E-state index contributed by atoms with van der Waals surface area (Å²) in [4.78, 5) is 3.02. The summed E-state index contributed by atoms with van der Waals surface area (Å²) in [5.74, 6) is 3.59. The molecule has 0 radical (unpaired) electrons. The van der Waals surface area contributed by atoms with Crippen LogP contribution in [0.3, 0.4) is 0 Å². The summed E-state index contributed by atoms with van der Waals surface area (Å²) in [7, 11) is 0. The van der Waals surface area contributed by atoms with Crippen LogP contribution in [-0.2, 0) is 16.9 Å². The van der Waals surface area contributed by atoms with Gasteiger partial charge in [-0.25, -0.2) is 0 Å². The Labute approximate surface area is 117 Å². The smallest absolute Gasteiger partial charge is 0.114 e. The quantitative estimate of drug-likeness (QED) is 0.913. The van der Waals surface area contributed by atoms with Gasteiger partial charge in [-0.2, -0.15) is 11.8 Å². The second-order valence-corrected chi connectivity index (χ2v) is 6.91. The maximum atomic E-state index is 5.75. The van der Waals surface area contributed by atoms with Crippen molar-refractivity contribution in [2.24, 2.45) is 0 Å². The third kappa shape index (κ3) is 2.46. The lowest BCUT2D eigenvalue weighted by Crippen LogP contribution is -2.22. The zero-order valence-corrected chi connectivity index (χ0v) is 12.3. The van der Waals surface area contributed by atoms with Crippen molar-refractivity contribution in [3.05, 3.63) is 33.2 Å². The number of hydrogen-bond acceptors (Lipinski definition) is 4. The number of likely N-dealkylation sites (N-methyl/N-ethyl adjacent to an activating group) is 1. The van der Waals surface area contributed by atoms with E-state index in [1.54, 1.807) is 10.4 Å². The van der Waals surface area contributed by atoms with E-state index in [4.69, 9.17) is 4.74 Å². The molecule has 1 aromatic rings. The number of hydrogen-bond donors (Lipinski definition) is 1. The van der Waals surface area contributed by atoms with Crippen molar-refractivity contribution < 1.29 is 4.74 Å². The average Bonchev–Trinajstić information content (AvgIpc) is 3.04. The van der Waals surface area contributed by atoms with Crippen molar-refractivity contribution in [2.75, 3.05) is 18.9 Å². The predicted octanol–water partition coefficient (Wildman–Crippen LogP) is 3.49. The lowest BCUT2D eigenvalue weighted by molar-refractivity contribution is 0.217. The highest BCUT2D eigenvalue weighted by Gasteiger charge is 2.24. The van der Waals surface area contributed by atoms with Crippen LogP contribution in [0.5, 0.6) is 0 Å². The molecule has 0 spiro atoms. The molecule has 0 saturated heterocycles. The molecule has 2 aliphatic heterocycles. The molecule has 4 heteroatoms. The Bertz CT molecular complexity index is 429. The van der Waals surface area contributed by atoms with Gasteiger partial charge in [0.05, 0.1) is 12.6 Å². The molecule has 1 atom stereocenters. The van der Waals surface area contributed by atoms with Gasteiger partial charge in [0.2, 0.25) is 0 Å². The van der Waals surface area contributed by atoms with Crippen LogP contribution in [0.15, 0.2) is 17.9 Å². The van der Waals surface area contributed by atoms with E-state index >= 15 is 0 Å². The minimum Gasteiger partial charge on any atom is -0.496 e. The molecule has 0 saturated carbocycles. The minimum atomic E-state index is 0.276. The van der Waals surface area contributed by atoms with Gasteiger partial charge in [0, 0.05) is 21.9 Å². The predicted molar refractivity (Wildman–Crippen MR) is 79.3 cm³/mol. The SMILES string of the molecule is CCNC(C1=CCCO1)c1cc2c(s1)CCSC2. The summed E-state index contributed by atoms with van der Waals surface area (Å²) in [5, 5.41) is 3.56. The zero-order valence-electron chi connectivity index (χ0n) is 10.7. The molecule has 0 aromatic carbocycles. The summed E-state index contributed by atoms with van der Waals surface area (Å²) < 4.78 is 5.75. The van der Waals surface area contributed by atoms with Gasteiger partial charge in [0.25, 0.3) is 0 Å². The van der Waals surface area contributed by atoms with Crippen molar-refractivity contribution in [1.29, 1.82) is 0 Å². The number of rotatable bonds is 4. The molecule has 0 bridgehead atoms. The van der Waals surface area contributed by atoms with Crippen LogP contribution in [0.2, 0.25) is 0 Å². The normalized spacial score (nSPS) is 20.2. The lowest BCUT2D eigenvalue weighted by atomic mass is 10.1. The second-order valence-electron chi connectivity index (χ2n) is 4.63. The molecular formula is C14H19NOS2. The van der Waals surface area contributed by atoms with Crippen LogP contribution in [0, 0.1) is 0 Å². The standard InChI is InChI=1S/C14H19NOS2/c1-2-15-14(11-4-3-6-16-11)13-8-10-9-17-7-5-12(10)18-13/h4,8,14-15H,2-3,5-7,9H2,1H3. The maximum Gasteiger partial charge on any atom is 0.114 e. The summed E-state index contributed by atoms with van der Waals surface area (Å²) in [5.41, 5.74) is 1.55. The molecule has 2 aliphatic rings. The molecule has 98 valence electrons. The summed E-state index contributed by atoms with van der Waals surface area (Å²) in [6, 6.07) is 2.67. The van der Waals surface area contributed by atoms with E-state index in [2.05, 4.69) is 24.4 Å². The van der Waals surface area contributed by atoms with Crippen LogP contribution >= 0.6 is 23.1 Å². The van der Waals surface area contributed by atoms with Crippen molar-refractivity contribution >= 4 is 23.1 Å². The Hall–Kier alpha value is -0.450. The molecule has 1 aromatic heterocycles. The maximum absolute atomic E-state index is 5.75. The van der Waals surface area contributed by atoms with Crippen LogP contribution < -0.4 is 5.32 Å². The molecule has 3 rings (SSSR count). The van der Waals surface area contributed by atoms with E-state index in [0.29, 0.717) is 0 Å². The fourth-order valence-electron chi connectivity index (χ4n) is 2.50. The van der Waals surface area contributed by atoms with Gasteiger partial charge in [0.15, 0.2) is 0 Å². The van der Waals surface area contributed by atoms with Gasteiger partial charge in [-0.05, 0) is 36.4 Å². The molecule has 2 nitrogen and oxygen atoms in total. The number of thiophene rings is 1. The Morgan fingerprint density at radius 1 is 1.50 bits per heavy atom. The fourth-order valence-corrected chi connectivity index (χ4v) is 4.96. The summed E-state index contributed by atoms with van der Waals surface area (Å²) >= 11 is 4.02. The second kappa shape index (κ2) is 5.68. The highest BCUT2D eigenvalue weighted by Crippen LogP contribution is 2.37. The van der Waals surface area contributed by atoms with Gasteiger partial charge < -0.3 is 10.1 Å². The van der Waals surface area contributed by atoms with E-state index in [-0.39, 0.29) is 6.04 Å². The van der Waals surface area contributed by atoms with E-state index < -0.39 is 0 Å². The molecule has 1 N–H and O–H groups in total. The molecule has 0 aliphatic carbocycles. The number of fused-ring (bicyclic) bond motifs is 1. The molecule has 3 heterocycles. The van der Waals surface area contributed by atoms with Crippen molar-refractivity contribution in [3.8, 4) is 0 Å². The van der Waals surface area contributed by atoms with Crippen molar-refractivity contribution in [3.63, 3.8) is 0 Å². The highest BCUT2D eigenvalue weighted by molar-refractivity contribution is 7.98. The Kier molecular flexibility index (Phi) is 3.97. The number of ether oxygens (including phenoxy) is 1. The van der Waals surface area contributed by atoms with Gasteiger partial charge in [-0.1, -0.05) is 6.92 Å². The molecular weight excluding hydrogens is 262 g/mol. The zero-order chi connectivity index (χ0) is 12.4. The van der Waals surface area contributed by atoms with Gasteiger partial charge in [-0.15, -0.1) is 11.3 Å². The molecule has 18 heavy (non-hydrogen) atoms. The Morgan fingerprint density at radius 3 is 3.17 bits per heavy atom. The van der Waals surface area contributed by atoms with Crippen molar-refractivity contribution in [2.45, 2.75) is 31.6 Å². The first-order valence-corrected chi connectivity index (χ1v) is 8.61. The van der Waals surface area contributed by atoms with Crippen molar-refractivity contribution in [1.82, 2.24) is 5.32 Å². The number of thioether (sulfide) groups is 1. The fraction of sp³-hybridized carbons (Fsp3) is 0.571. The van der Waals surface area contributed by atoms with Gasteiger partial charge in [0.1, 0.15) is 5.76 Å².